The third-order valence-corrected chi connectivity index (χ3v) is 3.42. The number of benzene rings is 1. The van der Waals surface area contributed by atoms with Crippen LogP contribution in [-0.2, 0) is 6.42 Å². The van der Waals surface area contributed by atoms with E-state index in [-0.39, 0.29) is 6.04 Å². The van der Waals surface area contributed by atoms with Crippen molar-refractivity contribution in [1.29, 1.82) is 0 Å². The Hall–Kier alpha value is -1.08. The Labute approximate surface area is 105 Å². The van der Waals surface area contributed by atoms with Crippen LogP contribution in [0.1, 0.15) is 50.2 Å². The van der Waals surface area contributed by atoms with Gasteiger partial charge in [-0.1, -0.05) is 36.8 Å². The largest absolute Gasteiger partial charge is 0.328 e. The van der Waals surface area contributed by atoms with E-state index >= 15 is 0 Å². The topological polar surface area (TPSA) is 26.0 Å². The summed E-state index contributed by atoms with van der Waals surface area (Å²) in [5, 5.41) is 0. The summed E-state index contributed by atoms with van der Waals surface area (Å²) in [5.74, 6) is 0. The first kappa shape index (κ1) is 12.4. The van der Waals surface area contributed by atoms with E-state index in [0.717, 1.165) is 6.42 Å². The molecule has 0 bridgehead atoms. The summed E-state index contributed by atoms with van der Waals surface area (Å²) in [6.45, 7) is 2.06. The Morgan fingerprint density at radius 3 is 2.59 bits per heavy atom. The second-order valence-electron chi connectivity index (χ2n) is 5.21. The molecule has 1 aromatic carbocycles. The van der Waals surface area contributed by atoms with Crippen LogP contribution in [-0.4, -0.2) is 6.04 Å². The van der Waals surface area contributed by atoms with Crippen LogP contribution < -0.4 is 5.73 Å². The molecule has 92 valence electrons. The Morgan fingerprint density at radius 2 is 1.88 bits per heavy atom. The van der Waals surface area contributed by atoms with Gasteiger partial charge in [-0.3, -0.25) is 0 Å². The zero-order valence-electron chi connectivity index (χ0n) is 10.8. The molecule has 1 aliphatic carbocycles. The molecule has 0 saturated heterocycles. The van der Waals surface area contributed by atoms with Crippen LogP contribution in [0.15, 0.2) is 30.3 Å². The normalized spacial score (nSPS) is 18.4. The maximum Gasteiger partial charge on any atom is 0.00509 e. The molecule has 2 N–H and O–H groups in total. The lowest BCUT2D eigenvalue weighted by Gasteiger charge is -2.08. The average molecular weight is 229 g/mol. The van der Waals surface area contributed by atoms with Crippen LogP contribution in [0.3, 0.4) is 0 Å². The first-order valence-corrected chi connectivity index (χ1v) is 6.79. The zero-order valence-corrected chi connectivity index (χ0v) is 10.8. The highest BCUT2D eigenvalue weighted by atomic mass is 14.6. The molecule has 1 atom stereocenters. The van der Waals surface area contributed by atoms with Crippen molar-refractivity contribution >= 4 is 5.57 Å². The summed E-state index contributed by atoms with van der Waals surface area (Å²) in [5.41, 5.74) is 10.1. The molecule has 1 aromatic rings. The summed E-state index contributed by atoms with van der Waals surface area (Å²) in [6, 6.07) is 9.22. The van der Waals surface area contributed by atoms with Crippen molar-refractivity contribution in [2.75, 3.05) is 0 Å². The fourth-order valence-electron chi connectivity index (χ4n) is 2.50. The molecule has 1 nitrogen and oxygen atoms in total. The Morgan fingerprint density at radius 1 is 1.12 bits per heavy atom. The van der Waals surface area contributed by atoms with Crippen molar-refractivity contribution in [3.05, 3.63) is 41.5 Å². The van der Waals surface area contributed by atoms with Crippen LogP contribution in [0.25, 0.3) is 5.57 Å². The van der Waals surface area contributed by atoms with E-state index in [1.54, 1.807) is 0 Å². The van der Waals surface area contributed by atoms with Crippen LogP contribution in [0.5, 0.6) is 0 Å². The molecule has 1 heteroatoms. The lowest BCUT2D eigenvalue weighted by Crippen LogP contribution is -2.17. The number of rotatable bonds is 3. The van der Waals surface area contributed by atoms with E-state index in [4.69, 9.17) is 5.73 Å². The van der Waals surface area contributed by atoms with Crippen molar-refractivity contribution in [2.24, 2.45) is 5.73 Å². The summed E-state index contributed by atoms with van der Waals surface area (Å²) in [7, 11) is 0. The molecule has 0 aromatic heterocycles. The first-order valence-electron chi connectivity index (χ1n) is 6.79. The van der Waals surface area contributed by atoms with Crippen molar-refractivity contribution in [2.45, 2.75) is 51.5 Å². The Bertz CT molecular complexity index is 373. The van der Waals surface area contributed by atoms with E-state index in [1.165, 1.54) is 48.8 Å². The predicted molar refractivity (Wildman–Crippen MR) is 74.9 cm³/mol. The van der Waals surface area contributed by atoms with Crippen molar-refractivity contribution in [3.8, 4) is 0 Å². The molecule has 0 saturated carbocycles. The van der Waals surface area contributed by atoms with Gasteiger partial charge in [0.15, 0.2) is 0 Å². The molecule has 1 unspecified atom stereocenters. The number of hydrogen-bond donors (Lipinski definition) is 1. The van der Waals surface area contributed by atoms with E-state index in [0.29, 0.717) is 0 Å². The molecule has 0 amide bonds. The highest BCUT2D eigenvalue weighted by molar-refractivity contribution is 5.65. The van der Waals surface area contributed by atoms with Gasteiger partial charge in [-0.15, -0.1) is 0 Å². The SMILES string of the molecule is CC(N)Cc1ccc(C2=CCCCCC2)cc1. The van der Waals surface area contributed by atoms with Crippen LogP contribution in [0.4, 0.5) is 0 Å². The minimum atomic E-state index is 0.248. The predicted octanol–water partition coefficient (Wildman–Crippen LogP) is 3.92. The molecule has 0 fully saturated rings. The fourth-order valence-corrected chi connectivity index (χ4v) is 2.50. The van der Waals surface area contributed by atoms with Gasteiger partial charge in [0, 0.05) is 6.04 Å². The van der Waals surface area contributed by atoms with Gasteiger partial charge in [-0.25, -0.2) is 0 Å². The summed E-state index contributed by atoms with van der Waals surface area (Å²) in [6.07, 6.45) is 9.96. The van der Waals surface area contributed by atoms with E-state index < -0.39 is 0 Å². The molecule has 0 heterocycles. The molecular weight excluding hydrogens is 206 g/mol. The van der Waals surface area contributed by atoms with Gasteiger partial charge in [0.25, 0.3) is 0 Å². The van der Waals surface area contributed by atoms with Gasteiger partial charge < -0.3 is 5.73 Å². The maximum atomic E-state index is 5.81. The minimum absolute atomic E-state index is 0.248. The summed E-state index contributed by atoms with van der Waals surface area (Å²) < 4.78 is 0. The van der Waals surface area contributed by atoms with Gasteiger partial charge in [-0.2, -0.15) is 0 Å². The molecule has 17 heavy (non-hydrogen) atoms. The lowest BCUT2D eigenvalue weighted by atomic mass is 9.98. The fraction of sp³-hybridized carbons (Fsp3) is 0.500. The number of hydrogen-bond acceptors (Lipinski definition) is 1. The van der Waals surface area contributed by atoms with Crippen molar-refractivity contribution in [3.63, 3.8) is 0 Å². The van der Waals surface area contributed by atoms with Gasteiger partial charge in [0.05, 0.1) is 0 Å². The highest BCUT2D eigenvalue weighted by Crippen LogP contribution is 2.26. The second-order valence-corrected chi connectivity index (χ2v) is 5.21. The summed E-state index contributed by atoms with van der Waals surface area (Å²) >= 11 is 0. The van der Waals surface area contributed by atoms with Crippen LogP contribution in [0.2, 0.25) is 0 Å². The molecule has 0 aliphatic heterocycles. The maximum absolute atomic E-state index is 5.81. The number of allylic oxidation sites excluding steroid dienone is 2. The molecular formula is C16H23N. The molecule has 2 rings (SSSR count). The van der Waals surface area contributed by atoms with E-state index in [1.807, 2.05) is 0 Å². The van der Waals surface area contributed by atoms with E-state index in [9.17, 15) is 0 Å². The third kappa shape index (κ3) is 3.71. The monoisotopic (exact) mass is 229 g/mol. The van der Waals surface area contributed by atoms with E-state index in [2.05, 4.69) is 37.3 Å². The number of nitrogens with two attached hydrogens (primary N) is 1. The quantitative estimate of drug-likeness (QED) is 0.835. The second kappa shape index (κ2) is 6.02. The Kier molecular flexibility index (Phi) is 4.38. The molecule has 0 spiro atoms. The van der Waals surface area contributed by atoms with Gasteiger partial charge >= 0.3 is 0 Å². The van der Waals surface area contributed by atoms with Gasteiger partial charge in [-0.05, 0) is 55.7 Å². The third-order valence-electron chi connectivity index (χ3n) is 3.42. The standard InChI is InChI=1S/C16H23N/c1-13(17)12-14-8-10-16(11-9-14)15-6-4-2-3-5-7-15/h6,8-11,13H,2-5,7,12,17H2,1H3. The molecule has 0 radical (unpaired) electrons. The zero-order chi connectivity index (χ0) is 12.1. The first-order chi connectivity index (χ1) is 8.25. The van der Waals surface area contributed by atoms with Gasteiger partial charge in [0.1, 0.15) is 0 Å². The minimum Gasteiger partial charge on any atom is -0.328 e. The van der Waals surface area contributed by atoms with Crippen molar-refractivity contribution in [1.82, 2.24) is 0 Å². The smallest absolute Gasteiger partial charge is 0.00509 e. The average Bonchev–Trinajstić information content (AvgIpc) is 2.58. The van der Waals surface area contributed by atoms with Crippen molar-refractivity contribution < 1.29 is 0 Å². The molecule has 1 aliphatic rings. The van der Waals surface area contributed by atoms with Gasteiger partial charge in [0.2, 0.25) is 0 Å². The van der Waals surface area contributed by atoms with Crippen LogP contribution >= 0.6 is 0 Å². The highest BCUT2D eigenvalue weighted by Gasteiger charge is 2.05. The Balaban J connectivity index is 2.08. The lowest BCUT2D eigenvalue weighted by molar-refractivity contribution is 0.720. The van der Waals surface area contributed by atoms with Crippen LogP contribution in [0, 0.1) is 0 Å². The summed E-state index contributed by atoms with van der Waals surface area (Å²) in [4.78, 5) is 0.